The van der Waals surface area contributed by atoms with Gasteiger partial charge in [-0.3, -0.25) is 0 Å². The maximum Gasteiger partial charge on any atom is 0.0156 e. The summed E-state index contributed by atoms with van der Waals surface area (Å²) in [6.45, 7) is 6.48. The maximum atomic E-state index is 3.89. The summed E-state index contributed by atoms with van der Waals surface area (Å²) < 4.78 is 0. The number of piperidine rings is 1. The smallest absolute Gasteiger partial charge is 0.0156 e. The van der Waals surface area contributed by atoms with Gasteiger partial charge in [-0.15, -0.1) is 0 Å². The van der Waals surface area contributed by atoms with Crippen LogP contribution in [0.2, 0.25) is 0 Å². The van der Waals surface area contributed by atoms with Crippen molar-refractivity contribution in [1.29, 1.82) is 0 Å². The summed E-state index contributed by atoms with van der Waals surface area (Å²) in [6.07, 6.45) is 9.98. The third-order valence-electron chi connectivity index (χ3n) is 4.81. The van der Waals surface area contributed by atoms with E-state index < -0.39 is 0 Å². The first-order valence-electron chi connectivity index (χ1n) is 7.24. The predicted molar refractivity (Wildman–Crippen MR) is 67.6 cm³/mol. The summed E-state index contributed by atoms with van der Waals surface area (Å²) in [4.78, 5) is 2.69. The molecule has 1 N–H and O–H groups in total. The van der Waals surface area contributed by atoms with Gasteiger partial charge in [-0.1, -0.05) is 0 Å². The summed E-state index contributed by atoms with van der Waals surface area (Å²) in [5.74, 6) is 1.06. The van der Waals surface area contributed by atoms with Gasteiger partial charge < -0.3 is 10.2 Å². The Morgan fingerprint density at radius 2 is 1.81 bits per heavy atom. The quantitative estimate of drug-likeness (QED) is 0.786. The van der Waals surface area contributed by atoms with Gasteiger partial charge >= 0.3 is 0 Å². The van der Waals surface area contributed by atoms with Crippen LogP contribution in [0.3, 0.4) is 0 Å². The molecule has 0 aromatic rings. The standard InChI is InChI=1S/C14H26N2/c1-14(7-2-8-14)15-13-5-9-16(10-6-13)11-12-3-4-12/h12-13,15H,2-11H2,1H3. The van der Waals surface area contributed by atoms with Crippen molar-refractivity contribution in [3.8, 4) is 0 Å². The number of nitrogens with one attached hydrogen (secondary N) is 1. The molecular weight excluding hydrogens is 196 g/mol. The summed E-state index contributed by atoms with van der Waals surface area (Å²) in [5, 5.41) is 3.89. The largest absolute Gasteiger partial charge is 0.309 e. The molecule has 16 heavy (non-hydrogen) atoms. The SMILES string of the molecule is CC1(NC2CCN(CC3CC3)CC2)CCC1. The Hall–Kier alpha value is -0.0800. The maximum absolute atomic E-state index is 3.89. The highest BCUT2D eigenvalue weighted by molar-refractivity contribution is 4.95. The van der Waals surface area contributed by atoms with Gasteiger partial charge in [0.1, 0.15) is 0 Å². The zero-order valence-corrected chi connectivity index (χ0v) is 10.7. The molecule has 0 radical (unpaired) electrons. The van der Waals surface area contributed by atoms with Crippen molar-refractivity contribution >= 4 is 0 Å². The molecule has 92 valence electrons. The number of rotatable bonds is 4. The molecule has 3 fully saturated rings. The lowest BCUT2D eigenvalue weighted by molar-refractivity contribution is 0.132. The molecule has 3 rings (SSSR count). The Bertz CT molecular complexity index is 235. The normalized spacial score (nSPS) is 31.3. The van der Waals surface area contributed by atoms with Crippen LogP contribution in [0.1, 0.15) is 51.9 Å². The van der Waals surface area contributed by atoms with Gasteiger partial charge in [0, 0.05) is 18.1 Å². The first-order valence-corrected chi connectivity index (χ1v) is 7.24. The molecule has 1 saturated heterocycles. The molecule has 1 aliphatic heterocycles. The third-order valence-corrected chi connectivity index (χ3v) is 4.81. The number of nitrogens with zero attached hydrogens (tertiary/aromatic N) is 1. The minimum absolute atomic E-state index is 0.503. The van der Waals surface area contributed by atoms with Crippen LogP contribution >= 0.6 is 0 Å². The lowest BCUT2D eigenvalue weighted by Crippen LogP contribution is -2.55. The Kier molecular flexibility index (Phi) is 2.97. The van der Waals surface area contributed by atoms with Crippen molar-refractivity contribution in [2.75, 3.05) is 19.6 Å². The monoisotopic (exact) mass is 222 g/mol. The van der Waals surface area contributed by atoms with Gasteiger partial charge in [0.25, 0.3) is 0 Å². The Labute approximate surface area is 99.8 Å². The van der Waals surface area contributed by atoms with Gasteiger partial charge in [0.2, 0.25) is 0 Å². The summed E-state index contributed by atoms with van der Waals surface area (Å²) >= 11 is 0. The second-order valence-corrected chi connectivity index (χ2v) is 6.58. The molecule has 2 saturated carbocycles. The molecule has 2 nitrogen and oxygen atoms in total. The van der Waals surface area contributed by atoms with Crippen LogP contribution in [0, 0.1) is 5.92 Å². The van der Waals surface area contributed by atoms with Crippen LogP contribution in [-0.4, -0.2) is 36.1 Å². The minimum Gasteiger partial charge on any atom is -0.309 e. The molecule has 0 spiro atoms. The average Bonchev–Trinajstić information content (AvgIpc) is 3.03. The minimum atomic E-state index is 0.503. The van der Waals surface area contributed by atoms with E-state index >= 15 is 0 Å². The van der Waals surface area contributed by atoms with E-state index in [2.05, 4.69) is 17.1 Å². The van der Waals surface area contributed by atoms with Gasteiger partial charge in [0.15, 0.2) is 0 Å². The summed E-state index contributed by atoms with van der Waals surface area (Å²) in [7, 11) is 0. The van der Waals surface area contributed by atoms with Crippen LogP contribution in [0.25, 0.3) is 0 Å². The van der Waals surface area contributed by atoms with Gasteiger partial charge in [-0.05, 0) is 70.9 Å². The molecule has 3 aliphatic rings. The van der Waals surface area contributed by atoms with Gasteiger partial charge in [0.05, 0.1) is 0 Å². The molecular formula is C14H26N2. The molecule has 0 bridgehead atoms. The molecule has 2 heteroatoms. The van der Waals surface area contributed by atoms with Crippen LogP contribution in [0.15, 0.2) is 0 Å². The van der Waals surface area contributed by atoms with E-state index in [-0.39, 0.29) is 0 Å². The Balaban J connectivity index is 1.39. The number of likely N-dealkylation sites (tertiary alicyclic amines) is 1. The average molecular weight is 222 g/mol. The lowest BCUT2D eigenvalue weighted by atomic mass is 9.77. The van der Waals surface area contributed by atoms with E-state index in [0.29, 0.717) is 5.54 Å². The van der Waals surface area contributed by atoms with E-state index in [9.17, 15) is 0 Å². The van der Waals surface area contributed by atoms with E-state index in [4.69, 9.17) is 0 Å². The lowest BCUT2D eigenvalue weighted by Gasteiger charge is -2.44. The second kappa shape index (κ2) is 4.30. The van der Waals surface area contributed by atoms with Crippen LogP contribution in [-0.2, 0) is 0 Å². The van der Waals surface area contributed by atoms with Gasteiger partial charge in [-0.2, -0.15) is 0 Å². The topological polar surface area (TPSA) is 15.3 Å². The molecule has 0 atom stereocenters. The number of hydrogen-bond donors (Lipinski definition) is 1. The fraction of sp³-hybridized carbons (Fsp3) is 1.00. The summed E-state index contributed by atoms with van der Waals surface area (Å²) in [6, 6.07) is 0.806. The van der Waals surface area contributed by atoms with Crippen molar-refractivity contribution in [1.82, 2.24) is 10.2 Å². The fourth-order valence-corrected chi connectivity index (χ4v) is 3.27. The highest BCUT2D eigenvalue weighted by Crippen LogP contribution is 2.33. The highest BCUT2D eigenvalue weighted by atomic mass is 15.2. The van der Waals surface area contributed by atoms with Crippen molar-refractivity contribution < 1.29 is 0 Å². The Morgan fingerprint density at radius 1 is 1.12 bits per heavy atom. The Morgan fingerprint density at radius 3 is 2.31 bits per heavy atom. The zero-order valence-electron chi connectivity index (χ0n) is 10.7. The first kappa shape index (κ1) is 11.0. The van der Waals surface area contributed by atoms with Crippen molar-refractivity contribution in [2.24, 2.45) is 5.92 Å². The van der Waals surface area contributed by atoms with Crippen molar-refractivity contribution in [3.63, 3.8) is 0 Å². The molecule has 0 aromatic carbocycles. The van der Waals surface area contributed by atoms with E-state index in [1.807, 2.05) is 0 Å². The molecule has 2 aliphatic carbocycles. The van der Waals surface area contributed by atoms with E-state index in [0.717, 1.165) is 12.0 Å². The summed E-state index contributed by atoms with van der Waals surface area (Å²) in [5.41, 5.74) is 0.503. The molecule has 0 amide bonds. The van der Waals surface area contributed by atoms with Crippen LogP contribution < -0.4 is 5.32 Å². The zero-order chi connectivity index (χ0) is 11.0. The molecule has 0 aromatic heterocycles. The van der Waals surface area contributed by atoms with Crippen molar-refractivity contribution in [2.45, 2.75) is 63.5 Å². The first-order chi connectivity index (χ1) is 7.73. The molecule has 1 heterocycles. The van der Waals surface area contributed by atoms with E-state index in [1.54, 1.807) is 0 Å². The highest BCUT2D eigenvalue weighted by Gasteiger charge is 2.35. The predicted octanol–water partition coefficient (Wildman–Crippen LogP) is 2.39. The van der Waals surface area contributed by atoms with Crippen LogP contribution in [0.4, 0.5) is 0 Å². The number of hydrogen-bond acceptors (Lipinski definition) is 2. The fourth-order valence-electron chi connectivity index (χ4n) is 3.27. The van der Waals surface area contributed by atoms with Crippen molar-refractivity contribution in [3.05, 3.63) is 0 Å². The van der Waals surface area contributed by atoms with Gasteiger partial charge in [-0.25, -0.2) is 0 Å². The third kappa shape index (κ3) is 2.60. The van der Waals surface area contributed by atoms with Crippen LogP contribution in [0.5, 0.6) is 0 Å². The molecule has 0 unspecified atom stereocenters. The van der Waals surface area contributed by atoms with E-state index in [1.165, 1.54) is 64.6 Å². The second-order valence-electron chi connectivity index (χ2n) is 6.58.